The van der Waals surface area contributed by atoms with Crippen molar-refractivity contribution in [3.63, 3.8) is 0 Å². The molecule has 0 atom stereocenters. The van der Waals surface area contributed by atoms with E-state index in [0.717, 1.165) is 15.1 Å². The molecule has 0 amide bonds. The SMILES string of the molecule is [B]Nc1ccc(C)c2sc3ncccc3c(=O)c12. The van der Waals surface area contributed by atoms with Crippen LogP contribution in [-0.4, -0.2) is 13.0 Å². The zero-order valence-electron chi connectivity index (χ0n) is 9.73. The highest BCUT2D eigenvalue weighted by Gasteiger charge is 2.11. The molecule has 18 heavy (non-hydrogen) atoms. The van der Waals surface area contributed by atoms with E-state index in [4.69, 9.17) is 7.98 Å². The Morgan fingerprint density at radius 1 is 1.33 bits per heavy atom. The number of fused-ring (bicyclic) bond motifs is 2. The molecule has 86 valence electrons. The van der Waals surface area contributed by atoms with Crippen molar-refractivity contribution in [2.24, 2.45) is 0 Å². The lowest BCUT2D eigenvalue weighted by Crippen LogP contribution is -2.06. The smallest absolute Gasteiger partial charge is 0.222 e. The van der Waals surface area contributed by atoms with Gasteiger partial charge in [-0.2, -0.15) is 0 Å². The highest BCUT2D eigenvalue weighted by molar-refractivity contribution is 7.24. The van der Waals surface area contributed by atoms with E-state index in [2.05, 4.69) is 10.2 Å². The second-order valence-corrected chi connectivity index (χ2v) is 5.06. The number of hydrogen-bond acceptors (Lipinski definition) is 4. The second kappa shape index (κ2) is 4.10. The molecule has 0 spiro atoms. The van der Waals surface area contributed by atoms with Crippen molar-refractivity contribution in [2.75, 3.05) is 5.23 Å². The molecule has 3 aromatic rings. The van der Waals surface area contributed by atoms with E-state index in [-0.39, 0.29) is 5.43 Å². The molecule has 0 unspecified atom stereocenters. The first kappa shape index (κ1) is 11.2. The quantitative estimate of drug-likeness (QED) is 0.534. The number of benzene rings is 1. The van der Waals surface area contributed by atoms with E-state index in [1.165, 1.54) is 11.3 Å². The monoisotopic (exact) mass is 252 g/mol. The van der Waals surface area contributed by atoms with Crippen molar-refractivity contribution in [1.82, 2.24) is 4.98 Å². The maximum atomic E-state index is 12.5. The zero-order valence-corrected chi connectivity index (χ0v) is 10.5. The molecule has 1 N–H and O–H groups in total. The third-order valence-electron chi connectivity index (χ3n) is 2.95. The molecular weight excluding hydrogens is 243 g/mol. The predicted octanol–water partition coefficient (Wildman–Crippen LogP) is 2.61. The van der Waals surface area contributed by atoms with E-state index in [1.807, 2.05) is 19.1 Å². The molecule has 2 aromatic heterocycles. The molecule has 3 nitrogen and oxygen atoms in total. The Labute approximate surface area is 109 Å². The van der Waals surface area contributed by atoms with E-state index in [1.54, 1.807) is 18.3 Å². The summed E-state index contributed by atoms with van der Waals surface area (Å²) >= 11 is 1.51. The molecule has 0 saturated heterocycles. The summed E-state index contributed by atoms with van der Waals surface area (Å²) in [6.07, 6.45) is 1.70. The number of pyridine rings is 1. The van der Waals surface area contributed by atoms with Gasteiger partial charge in [0, 0.05) is 16.6 Å². The van der Waals surface area contributed by atoms with Gasteiger partial charge >= 0.3 is 0 Å². The van der Waals surface area contributed by atoms with Crippen molar-refractivity contribution in [3.05, 3.63) is 46.2 Å². The van der Waals surface area contributed by atoms with E-state index < -0.39 is 0 Å². The molecule has 2 radical (unpaired) electrons. The Morgan fingerprint density at radius 2 is 2.17 bits per heavy atom. The van der Waals surface area contributed by atoms with Crippen LogP contribution < -0.4 is 10.7 Å². The molecule has 0 saturated carbocycles. The van der Waals surface area contributed by atoms with Crippen LogP contribution in [0.1, 0.15) is 5.56 Å². The number of rotatable bonds is 1. The van der Waals surface area contributed by atoms with Gasteiger partial charge in [-0.15, -0.1) is 11.3 Å². The van der Waals surface area contributed by atoms with Crippen molar-refractivity contribution >= 4 is 45.3 Å². The summed E-state index contributed by atoms with van der Waals surface area (Å²) in [6, 6.07) is 7.34. The highest BCUT2D eigenvalue weighted by Crippen LogP contribution is 2.30. The van der Waals surface area contributed by atoms with Crippen molar-refractivity contribution < 1.29 is 0 Å². The largest absolute Gasteiger partial charge is 0.437 e. The first-order chi connectivity index (χ1) is 8.72. The van der Waals surface area contributed by atoms with Crippen LogP contribution in [0.15, 0.2) is 35.3 Å². The molecular formula is C13H9BN2OS. The van der Waals surface area contributed by atoms with Gasteiger partial charge < -0.3 is 5.23 Å². The van der Waals surface area contributed by atoms with Crippen LogP contribution in [0.3, 0.4) is 0 Å². The topological polar surface area (TPSA) is 42.0 Å². The lowest BCUT2D eigenvalue weighted by Gasteiger charge is -2.08. The summed E-state index contributed by atoms with van der Waals surface area (Å²) < 4.78 is 0.932. The van der Waals surface area contributed by atoms with Crippen LogP contribution in [0.5, 0.6) is 0 Å². The van der Waals surface area contributed by atoms with Gasteiger partial charge in [-0.3, -0.25) is 4.79 Å². The van der Waals surface area contributed by atoms with Gasteiger partial charge in [0.25, 0.3) is 0 Å². The molecule has 0 aliphatic heterocycles. The Hall–Kier alpha value is -1.88. The lowest BCUT2D eigenvalue weighted by molar-refractivity contribution is 1.44. The van der Waals surface area contributed by atoms with Crippen LogP contribution >= 0.6 is 11.3 Å². The minimum Gasteiger partial charge on any atom is -0.437 e. The number of nitrogens with zero attached hydrogens (tertiary/aromatic N) is 1. The first-order valence-corrected chi connectivity index (χ1v) is 6.32. The molecule has 0 bridgehead atoms. The van der Waals surface area contributed by atoms with Crippen LogP contribution in [0, 0.1) is 6.92 Å². The average Bonchev–Trinajstić information content (AvgIpc) is 2.40. The first-order valence-electron chi connectivity index (χ1n) is 5.50. The fourth-order valence-electron chi connectivity index (χ4n) is 2.04. The maximum Gasteiger partial charge on any atom is 0.222 e. The van der Waals surface area contributed by atoms with Crippen LogP contribution in [0.2, 0.25) is 0 Å². The summed E-state index contributed by atoms with van der Waals surface area (Å²) in [5, 5.41) is 3.87. The fraction of sp³-hybridized carbons (Fsp3) is 0.0769. The molecule has 5 heteroatoms. The molecule has 1 aromatic carbocycles. The minimum atomic E-state index is -0.0245. The van der Waals surface area contributed by atoms with Gasteiger partial charge in [0.15, 0.2) is 5.43 Å². The highest BCUT2D eigenvalue weighted by atomic mass is 32.1. The summed E-state index contributed by atoms with van der Waals surface area (Å²) in [5.74, 6) is 0. The Kier molecular flexibility index (Phi) is 2.56. The van der Waals surface area contributed by atoms with Gasteiger partial charge in [-0.05, 0) is 30.7 Å². The zero-order chi connectivity index (χ0) is 12.7. The summed E-state index contributed by atoms with van der Waals surface area (Å²) in [6.45, 7) is 1.98. The Balaban J connectivity index is 2.64. The molecule has 0 fully saturated rings. The van der Waals surface area contributed by atoms with Gasteiger partial charge in [-0.25, -0.2) is 4.98 Å². The Bertz CT molecular complexity index is 813. The van der Waals surface area contributed by atoms with Gasteiger partial charge in [0.1, 0.15) is 4.83 Å². The third kappa shape index (κ3) is 1.51. The minimum absolute atomic E-state index is 0.0245. The van der Waals surface area contributed by atoms with E-state index in [9.17, 15) is 4.79 Å². The van der Waals surface area contributed by atoms with Gasteiger partial charge in [0.05, 0.1) is 10.8 Å². The molecule has 0 aliphatic carbocycles. The number of nitrogens with one attached hydrogen (secondary N) is 1. The van der Waals surface area contributed by atoms with Crippen LogP contribution in [-0.2, 0) is 0 Å². The molecule has 0 aliphatic rings. The number of hydrogen-bond donors (Lipinski definition) is 1. The summed E-state index contributed by atoms with van der Waals surface area (Å²) in [7, 11) is 5.48. The Morgan fingerprint density at radius 3 is 2.94 bits per heavy atom. The number of aromatic nitrogens is 1. The fourth-order valence-corrected chi connectivity index (χ4v) is 3.15. The van der Waals surface area contributed by atoms with Gasteiger partial charge in [0.2, 0.25) is 7.98 Å². The third-order valence-corrected chi connectivity index (χ3v) is 4.20. The number of anilines is 1. The summed E-state index contributed by atoms with van der Waals surface area (Å²) in [4.78, 5) is 17.5. The van der Waals surface area contributed by atoms with Crippen molar-refractivity contribution in [1.29, 1.82) is 0 Å². The van der Waals surface area contributed by atoms with Crippen molar-refractivity contribution in [2.45, 2.75) is 6.92 Å². The normalized spacial score (nSPS) is 10.9. The predicted molar refractivity (Wildman–Crippen MR) is 77.5 cm³/mol. The maximum absolute atomic E-state index is 12.5. The number of aryl methyl sites for hydroxylation is 1. The molecule has 3 rings (SSSR count). The van der Waals surface area contributed by atoms with E-state index >= 15 is 0 Å². The van der Waals surface area contributed by atoms with Crippen LogP contribution in [0.4, 0.5) is 5.69 Å². The van der Waals surface area contributed by atoms with Crippen molar-refractivity contribution in [3.8, 4) is 0 Å². The van der Waals surface area contributed by atoms with Crippen LogP contribution in [0.25, 0.3) is 20.3 Å². The molecule has 2 heterocycles. The standard InChI is InChI=1S/C13H9BN2OS/c1-7-4-5-9(16-14)10-11(17)8-3-2-6-15-13(8)18-12(7)10/h2-6,16H,1H3. The average molecular weight is 252 g/mol. The van der Waals surface area contributed by atoms with E-state index in [0.29, 0.717) is 16.5 Å². The summed E-state index contributed by atoms with van der Waals surface area (Å²) in [5.41, 5.74) is 1.68. The lowest BCUT2D eigenvalue weighted by atomic mass is 10.1. The van der Waals surface area contributed by atoms with Gasteiger partial charge in [-0.1, -0.05) is 6.07 Å². The second-order valence-electron chi connectivity index (χ2n) is 4.07.